The molecule has 0 spiro atoms. The van der Waals surface area contributed by atoms with Gasteiger partial charge in [0.1, 0.15) is 12.2 Å². The SMILES string of the molecule is CC(C)(C)[Si](C)(C)OCCC[C@@H]1OC(O)[C@H](CCCO[Si](C)(C)C(C)(C)C)OC1O. The summed E-state index contributed by atoms with van der Waals surface area (Å²) in [5.74, 6) is 0. The van der Waals surface area contributed by atoms with Crippen LogP contribution in [0.5, 0.6) is 0 Å². The van der Waals surface area contributed by atoms with E-state index in [1.54, 1.807) is 0 Å². The lowest BCUT2D eigenvalue weighted by Crippen LogP contribution is -2.49. The van der Waals surface area contributed by atoms with Gasteiger partial charge in [-0.1, -0.05) is 41.5 Å². The Morgan fingerprint density at radius 1 is 0.667 bits per heavy atom. The maximum atomic E-state index is 10.3. The first kappa shape index (κ1) is 28.2. The van der Waals surface area contributed by atoms with Crippen molar-refractivity contribution in [2.45, 2.75) is 128 Å². The predicted octanol–water partition coefficient (Wildman–Crippen LogP) is 5.01. The van der Waals surface area contributed by atoms with Gasteiger partial charge in [-0.2, -0.15) is 0 Å². The van der Waals surface area contributed by atoms with Crippen LogP contribution in [0.4, 0.5) is 0 Å². The molecule has 0 bridgehead atoms. The van der Waals surface area contributed by atoms with Gasteiger partial charge in [0.05, 0.1) is 0 Å². The quantitative estimate of drug-likeness (QED) is 0.349. The molecule has 0 aromatic carbocycles. The molecule has 2 unspecified atom stereocenters. The van der Waals surface area contributed by atoms with Crippen molar-refractivity contribution in [3.8, 4) is 0 Å². The Labute approximate surface area is 186 Å². The first-order valence-corrected chi connectivity index (χ1v) is 17.2. The minimum absolute atomic E-state index is 0.175. The van der Waals surface area contributed by atoms with Crippen LogP contribution >= 0.6 is 0 Å². The average Bonchev–Trinajstić information content (AvgIpc) is 2.56. The zero-order chi connectivity index (χ0) is 23.4. The molecule has 4 atom stereocenters. The molecule has 1 aliphatic rings. The maximum Gasteiger partial charge on any atom is 0.191 e. The summed E-state index contributed by atoms with van der Waals surface area (Å²) in [6, 6.07) is 0. The summed E-state index contributed by atoms with van der Waals surface area (Å²) in [5, 5.41) is 21.0. The lowest BCUT2D eigenvalue weighted by Gasteiger charge is -2.39. The highest BCUT2D eigenvalue weighted by Crippen LogP contribution is 2.37. The minimum atomic E-state index is -1.77. The molecule has 1 fully saturated rings. The Morgan fingerprint density at radius 2 is 0.967 bits per heavy atom. The number of rotatable bonds is 10. The molecular weight excluding hydrogens is 416 g/mol. The molecule has 1 saturated heterocycles. The molecule has 1 rings (SSSR count). The summed E-state index contributed by atoms with van der Waals surface area (Å²) >= 11 is 0. The van der Waals surface area contributed by atoms with Gasteiger partial charge < -0.3 is 28.5 Å². The normalized spacial score (nSPS) is 26.8. The second-order valence-corrected chi connectivity index (χ2v) is 21.3. The molecule has 0 saturated carbocycles. The highest BCUT2D eigenvalue weighted by atomic mass is 28.4. The van der Waals surface area contributed by atoms with Crippen LogP contribution in [-0.4, -0.2) is 64.8 Å². The van der Waals surface area contributed by atoms with Crippen LogP contribution in [0.1, 0.15) is 67.2 Å². The second-order valence-electron chi connectivity index (χ2n) is 11.6. The van der Waals surface area contributed by atoms with E-state index in [2.05, 4.69) is 67.7 Å². The van der Waals surface area contributed by atoms with Crippen molar-refractivity contribution >= 4 is 16.6 Å². The fourth-order valence-electron chi connectivity index (χ4n) is 2.75. The van der Waals surface area contributed by atoms with E-state index in [-0.39, 0.29) is 10.1 Å². The van der Waals surface area contributed by atoms with Gasteiger partial charge in [-0.15, -0.1) is 0 Å². The topological polar surface area (TPSA) is 77.4 Å². The van der Waals surface area contributed by atoms with Crippen molar-refractivity contribution in [2.75, 3.05) is 13.2 Å². The molecule has 1 heterocycles. The molecule has 1 aliphatic heterocycles. The number of ether oxygens (including phenoxy) is 2. The molecule has 0 aromatic heterocycles. The second kappa shape index (κ2) is 10.9. The monoisotopic (exact) mass is 464 g/mol. The number of hydrogen-bond acceptors (Lipinski definition) is 6. The Bertz CT molecular complexity index is 467. The molecule has 0 aliphatic carbocycles. The largest absolute Gasteiger partial charge is 0.417 e. The fraction of sp³-hybridized carbons (Fsp3) is 1.00. The Kier molecular flexibility index (Phi) is 10.2. The summed E-state index contributed by atoms with van der Waals surface area (Å²) in [4.78, 5) is 0. The molecule has 8 heteroatoms. The van der Waals surface area contributed by atoms with Crippen LogP contribution in [0.15, 0.2) is 0 Å². The highest BCUT2D eigenvalue weighted by molar-refractivity contribution is 6.74. The van der Waals surface area contributed by atoms with E-state index in [1.165, 1.54) is 0 Å². The number of hydrogen-bond donors (Lipinski definition) is 2. The van der Waals surface area contributed by atoms with Crippen molar-refractivity contribution in [3.63, 3.8) is 0 Å². The molecule has 0 aromatic rings. The lowest BCUT2D eigenvalue weighted by atomic mass is 10.1. The Hall–Kier alpha value is 0.194. The Balaban J connectivity index is 2.35. The van der Waals surface area contributed by atoms with Crippen LogP contribution < -0.4 is 0 Å². The molecule has 6 nitrogen and oxygen atoms in total. The average molecular weight is 465 g/mol. The molecule has 0 amide bonds. The van der Waals surface area contributed by atoms with Crippen LogP contribution in [0.25, 0.3) is 0 Å². The van der Waals surface area contributed by atoms with Gasteiger partial charge in [0.15, 0.2) is 29.2 Å². The van der Waals surface area contributed by atoms with E-state index in [9.17, 15) is 10.2 Å². The predicted molar refractivity (Wildman–Crippen MR) is 127 cm³/mol. The van der Waals surface area contributed by atoms with E-state index in [0.29, 0.717) is 26.1 Å². The minimum Gasteiger partial charge on any atom is -0.417 e. The van der Waals surface area contributed by atoms with Crippen LogP contribution in [-0.2, 0) is 18.3 Å². The molecule has 0 radical (unpaired) electrons. The van der Waals surface area contributed by atoms with Crippen molar-refractivity contribution in [3.05, 3.63) is 0 Å². The van der Waals surface area contributed by atoms with Gasteiger partial charge in [0, 0.05) is 13.2 Å². The van der Waals surface area contributed by atoms with Crippen molar-refractivity contribution in [2.24, 2.45) is 0 Å². The van der Waals surface area contributed by atoms with Crippen molar-refractivity contribution in [1.82, 2.24) is 0 Å². The lowest BCUT2D eigenvalue weighted by molar-refractivity contribution is -0.332. The van der Waals surface area contributed by atoms with Crippen molar-refractivity contribution in [1.29, 1.82) is 0 Å². The highest BCUT2D eigenvalue weighted by Gasteiger charge is 2.39. The third kappa shape index (κ3) is 8.28. The van der Waals surface area contributed by atoms with Gasteiger partial charge in [-0.05, 0) is 61.9 Å². The van der Waals surface area contributed by atoms with E-state index in [1.807, 2.05) is 0 Å². The summed E-state index contributed by atoms with van der Waals surface area (Å²) < 4.78 is 23.7. The molecule has 180 valence electrons. The molecule has 30 heavy (non-hydrogen) atoms. The van der Waals surface area contributed by atoms with E-state index < -0.39 is 41.4 Å². The van der Waals surface area contributed by atoms with Gasteiger partial charge in [-0.3, -0.25) is 0 Å². The zero-order valence-electron chi connectivity index (χ0n) is 21.1. The van der Waals surface area contributed by atoms with E-state index >= 15 is 0 Å². The van der Waals surface area contributed by atoms with Gasteiger partial charge in [0.2, 0.25) is 0 Å². The summed E-state index contributed by atoms with van der Waals surface area (Å²) in [7, 11) is -3.54. The van der Waals surface area contributed by atoms with Gasteiger partial charge >= 0.3 is 0 Å². The molecular formula is C22H48O6Si2. The van der Waals surface area contributed by atoms with Gasteiger partial charge in [0.25, 0.3) is 0 Å². The number of aliphatic hydroxyl groups excluding tert-OH is 2. The third-order valence-electron chi connectivity index (χ3n) is 7.07. The summed E-state index contributed by atoms with van der Waals surface area (Å²) in [6.45, 7) is 23.5. The van der Waals surface area contributed by atoms with Crippen molar-refractivity contribution < 1.29 is 28.5 Å². The van der Waals surface area contributed by atoms with Gasteiger partial charge in [-0.25, -0.2) is 0 Å². The maximum absolute atomic E-state index is 10.3. The van der Waals surface area contributed by atoms with Crippen LogP contribution in [0, 0.1) is 0 Å². The summed E-state index contributed by atoms with van der Waals surface area (Å²) in [5.41, 5.74) is 0. The third-order valence-corrected chi connectivity index (χ3v) is 16.1. The molecule has 2 N–H and O–H groups in total. The summed E-state index contributed by atoms with van der Waals surface area (Å²) in [6.07, 6.45) is -0.391. The van der Waals surface area contributed by atoms with E-state index in [0.717, 1.165) is 12.8 Å². The first-order chi connectivity index (χ1) is 13.5. The van der Waals surface area contributed by atoms with E-state index in [4.69, 9.17) is 18.3 Å². The van der Waals surface area contributed by atoms with Crippen LogP contribution in [0.3, 0.4) is 0 Å². The van der Waals surface area contributed by atoms with Crippen LogP contribution in [0.2, 0.25) is 36.3 Å². The first-order valence-electron chi connectivity index (χ1n) is 11.4. The Morgan fingerprint density at radius 3 is 1.23 bits per heavy atom. The smallest absolute Gasteiger partial charge is 0.191 e. The fourth-order valence-corrected chi connectivity index (χ4v) is 4.92. The zero-order valence-corrected chi connectivity index (χ0v) is 23.1. The number of aliphatic hydroxyl groups is 2. The standard InChI is InChI=1S/C22H48O6Si2/c1-21(2,3)29(7,8)25-15-11-13-17-19(23)28-18(20(24)27-17)14-12-16-26-30(9,10)22(4,5)6/h17-20,23-24H,11-16H2,1-10H3/t17-,18-,19?,20?/m0/s1.